The van der Waals surface area contributed by atoms with E-state index in [1.807, 2.05) is 54.6 Å². The van der Waals surface area contributed by atoms with Crippen molar-refractivity contribution in [2.24, 2.45) is 0 Å². The molecule has 1 amide bonds. The molecule has 6 heteroatoms. The van der Waals surface area contributed by atoms with Gasteiger partial charge in [0.2, 0.25) is 0 Å². The summed E-state index contributed by atoms with van der Waals surface area (Å²) in [5.74, 6) is 1.04. The molecule has 2 heterocycles. The number of nitrogens with zero attached hydrogens (tertiary/aromatic N) is 3. The number of amides is 1. The molecule has 0 radical (unpaired) electrons. The summed E-state index contributed by atoms with van der Waals surface area (Å²) in [6.07, 6.45) is 1.64. The molecule has 0 aliphatic rings. The molecule has 25 heavy (non-hydrogen) atoms. The maximum absolute atomic E-state index is 12.5. The molecule has 0 saturated heterocycles. The lowest BCUT2D eigenvalue weighted by Gasteiger charge is -2.06. The molecule has 4 rings (SSSR count). The van der Waals surface area contributed by atoms with Crippen LogP contribution in [0.15, 0.2) is 66.9 Å². The molecule has 0 bridgehead atoms. The molecule has 0 spiro atoms. The van der Waals surface area contributed by atoms with Gasteiger partial charge in [-0.1, -0.05) is 48.5 Å². The average Bonchev–Trinajstić information content (AvgIpc) is 3.15. The van der Waals surface area contributed by atoms with E-state index >= 15 is 0 Å². The van der Waals surface area contributed by atoms with E-state index in [0.717, 1.165) is 16.5 Å². The molecule has 0 aliphatic heterocycles. The van der Waals surface area contributed by atoms with E-state index in [0.29, 0.717) is 17.2 Å². The summed E-state index contributed by atoms with van der Waals surface area (Å²) in [6.45, 7) is 0.273. The van der Waals surface area contributed by atoms with Crippen molar-refractivity contribution in [3.63, 3.8) is 0 Å². The monoisotopic (exact) mass is 329 g/mol. The van der Waals surface area contributed by atoms with E-state index in [1.54, 1.807) is 12.3 Å². The van der Waals surface area contributed by atoms with Gasteiger partial charge in [0.1, 0.15) is 5.82 Å². The van der Waals surface area contributed by atoms with Gasteiger partial charge in [-0.15, -0.1) is 0 Å². The first kappa shape index (κ1) is 15.0. The second kappa shape index (κ2) is 6.52. The summed E-state index contributed by atoms with van der Waals surface area (Å²) in [5, 5.41) is 10.7. The van der Waals surface area contributed by atoms with Crippen LogP contribution in [0, 0.1) is 0 Å². The molecular formula is C19H15N5O. The highest BCUT2D eigenvalue weighted by Gasteiger charge is 2.11. The molecule has 2 aromatic carbocycles. The number of carbonyl (C=O) groups is 1. The highest BCUT2D eigenvalue weighted by Crippen LogP contribution is 2.16. The molecule has 6 nitrogen and oxygen atoms in total. The number of carbonyl (C=O) groups excluding carboxylic acids is 1. The van der Waals surface area contributed by atoms with Gasteiger partial charge >= 0.3 is 0 Å². The summed E-state index contributed by atoms with van der Waals surface area (Å²) in [5.41, 5.74) is 2.31. The summed E-state index contributed by atoms with van der Waals surface area (Å²) in [4.78, 5) is 21.2. The number of pyridine rings is 1. The van der Waals surface area contributed by atoms with Crippen LogP contribution >= 0.6 is 0 Å². The van der Waals surface area contributed by atoms with Crippen LogP contribution in [0.25, 0.3) is 22.3 Å². The fourth-order valence-corrected chi connectivity index (χ4v) is 2.64. The van der Waals surface area contributed by atoms with E-state index in [-0.39, 0.29) is 12.5 Å². The zero-order chi connectivity index (χ0) is 17.1. The second-order valence-corrected chi connectivity index (χ2v) is 5.53. The fraction of sp³-hybridized carbons (Fsp3) is 0.0526. The summed E-state index contributed by atoms with van der Waals surface area (Å²) >= 11 is 0. The van der Waals surface area contributed by atoms with Crippen LogP contribution in [0.5, 0.6) is 0 Å². The summed E-state index contributed by atoms with van der Waals surface area (Å²) in [6, 6.07) is 19.0. The Balaban J connectivity index is 1.50. The van der Waals surface area contributed by atoms with Crippen molar-refractivity contribution in [3.05, 3.63) is 78.2 Å². The Morgan fingerprint density at radius 3 is 2.68 bits per heavy atom. The maximum Gasteiger partial charge on any atom is 0.252 e. The van der Waals surface area contributed by atoms with Crippen molar-refractivity contribution in [3.8, 4) is 11.4 Å². The zero-order valence-electron chi connectivity index (χ0n) is 13.3. The van der Waals surface area contributed by atoms with Crippen LogP contribution in [0.1, 0.15) is 16.2 Å². The smallest absolute Gasteiger partial charge is 0.252 e. The molecule has 0 fully saturated rings. The Bertz CT molecular complexity index is 1020. The third-order valence-electron chi connectivity index (χ3n) is 3.87. The van der Waals surface area contributed by atoms with Gasteiger partial charge in [0, 0.05) is 17.1 Å². The topological polar surface area (TPSA) is 83.6 Å². The lowest BCUT2D eigenvalue weighted by Crippen LogP contribution is -2.23. The number of aromatic nitrogens is 4. The number of H-pyrrole nitrogens is 1. The highest BCUT2D eigenvalue weighted by atomic mass is 16.1. The van der Waals surface area contributed by atoms with Gasteiger partial charge in [-0.2, -0.15) is 5.10 Å². The van der Waals surface area contributed by atoms with Crippen molar-refractivity contribution in [2.75, 3.05) is 0 Å². The Hall–Kier alpha value is -3.54. The standard InChI is InChI=1S/C19H15N5O/c25-19(15-10-11-20-16-9-5-4-8-14(15)16)21-12-17-22-18(24-23-17)13-6-2-1-3-7-13/h1-11H,12H2,(H,21,25)(H,22,23,24). The first-order valence-electron chi connectivity index (χ1n) is 7.90. The zero-order valence-corrected chi connectivity index (χ0v) is 13.3. The van der Waals surface area contributed by atoms with Crippen LogP contribution in [-0.4, -0.2) is 26.1 Å². The Labute approximate surface area is 144 Å². The minimum atomic E-state index is -0.170. The van der Waals surface area contributed by atoms with E-state index < -0.39 is 0 Å². The minimum Gasteiger partial charge on any atom is -0.345 e. The Kier molecular flexibility index (Phi) is 3.92. The van der Waals surface area contributed by atoms with Gasteiger partial charge in [-0.25, -0.2) is 4.98 Å². The third kappa shape index (κ3) is 3.10. The number of para-hydroxylation sites is 1. The number of aromatic amines is 1. The normalized spacial score (nSPS) is 10.7. The SMILES string of the molecule is O=C(NCc1nc(-c2ccccc2)n[nH]1)c1ccnc2ccccc12. The van der Waals surface area contributed by atoms with Crippen LogP contribution in [0.2, 0.25) is 0 Å². The van der Waals surface area contributed by atoms with Crippen molar-refractivity contribution >= 4 is 16.8 Å². The summed E-state index contributed by atoms with van der Waals surface area (Å²) in [7, 11) is 0. The van der Waals surface area contributed by atoms with Crippen molar-refractivity contribution < 1.29 is 4.79 Å². The van der Waals surface area contributed by atoms with Crippen molar-refractivity contribution in [1.29, 1.82) is 0 Å². The van der Waals surface area contributed by atoms with Gasteiger partial charge in [0.25, 0.3) is 5.91 Å². The number of hydrogen-bond donors (Lipinski definition) is 2. The molecule has 4 aromatic rings. The van der Waals surface area contributed by atoms with E-state index in [2.05, 4.69) is 25.5 Å². The van der Waals surface area contributed by atoms with Gasteiger partial charge in [-0.3, -0.25) is 14.9 Å². The predicted octanol–water partition coefficient (Wildman–Crippen LogP) is 2.95. The molecule has 122 valence electrons. The molecule has 0 aliphatic carbocycles. The lowest BCUT2D eigenvalue weighted by atomic mass is 10.1. The molecular weight excluding hydrogens is 314 g/mol. The predicted molar refractivity (Wildman–Crippen MR) is 94.7 cm³/mol. The van der Waals surface area contributed by atoms with Gasteiger partial charge in [0.05, 0.1) is 17.6 Å². The van der Waals surface area contributed by atoms with E-state index in [1.165, 1.54) is 0 Å². The first-order valence-corrected chi connectivity index (χ1v) is 7.90. The van der Waals surface area contributed by atoms with Crippen LogP contribution in [0.4, 0.5) is 0 Å². The summed E-state index contributed by atoms with van der Waals surface area (Å²) < 4.78 is 0. The average molecular weight is 329 g/mol. The molecule has 2 N–H and O–H groups in total. The van der Waals surface area contributed by atoms with Crippen molar-refractivity contribution in [1.82, 2.24) is 25.5 Å². The van der Waals surface area contributed by atoms with Gasteiger partial charge in [0.15, 0.2) is 5.82 Å². The number of rotatable bonds is 4. The van der Waals surface area contributed by atoms with Crippen LogP contribution < -0.4 is 5.32 Å². The van der Waals surface area contributed by atoms with Crippen LogP contribution in [0.3, 0.4) is 0 Å². The molecule has 0 saturated carbocycles. The third-order valence-corrected chi connectivity index (χ3v) is 3.87. The number of benzene rings is 2. The molecule has 2 aromatic heterocycles. The number of nitrogens with one attached hydrogen (secondary N) is 2. The number of fused-ring (bicyclic) bond motifs is 1. The number of hydrogen-bond acceptors (Lipinski definition) is 4. The first-order chi connectivity index (χ1) is 12.3. The minimum absolute atomic E-state index is 0.170. The highest BCUT2D eigenvalue weighted by molar-refractivity contribution is 6.05. The molecule has 0 unspecified atom stereocenters. The van der Waals surface area contributed by atoms with Gasteiger partial charge in [-0.05, 0) is 12.1 Å². The second-order valence-electron chi connectivity index (χ2n) is 5.53. The van der Waals surface area contributed by atoms with Gasteiger partial charge < -0.3 is 5.32 Å². The van der Waals surface area contributed by atoms with Crippen LogP contribution in [-0.2, 0) is 6.54 Å². The molecule has 0 atom stereocenters. The Morgan fingerprint density at radius 1 is 1.00 bits per heavy atom. The van der Waals surface area contributed by atoms with E-state index in [4.69, 9.17) is 0 Å². The largest absolute Gasteiger partial charge is 0.345 e. The van der Waals surface area contributed by atoms with Crippen molar-refractivity contribution in [2.45, 2.75) is 6.54 Å². The maximum atomic E-state index is 12.5. The van der Waals surface area contributed by atoms with E-state index in [9.17, 15) is 4.79 Å². The fourth-order valence-electron chi connectivity index (χ4n) is 2.64. The quantitative estimate of drug-likeness (QED) is 0.603. The lowest BCUT2D eigenvalue weighted by molar-refractivity contribution is 0.0951. The Morgan fingerprint density at radius 2 is 1.80 bits per heavy atom.